The second-order valence-electron chi connectivity index (χ2n) is 3.28. The molecule has 4 nitrogen and oxygen atoms in total. The van der Waals surface area contributed by atoms with Gasteiger partial charge in [0.05, 0.1) is 23.3 Å². The minimum Gasteiger partial charge on any atom is -0.469 e. The monoisotopic (exact) mass is 290 g/mol. The van der Waals surface area contributed by atoms with Crippen molar-refractivity contribution in [3.63, 3.8) is 0 Å². The highest BCUT2D eigenvalue weighted by molar-refractivity contribution is 7.22. The van der Waals surface area contributed by atoms with Crippen molar-refractivity contribution in [2.75, 3.05) is 7.11 Å². The first-order valence-corrected chi connectivity index (χ1v) is 6.35. The van der Waals surface area contributed by atoms with E-state index in [1.54, 1.807) is 6.07 Å². The van der Waals surface area contributed by atoms with Crippen molar-refractivity contribution in [3.8, 4) is 0 Å². The lowest BCUT2D eigenvalue weighted by atomic mass is 10.3. The van der Waals surface area contributed by atoms with Crippen molar-refractivity contribution in [2.45, 2.75) is 12.8 Å². The Morgan fingerprint density at radius 2 is 2.24 bits per heavy atom. The van der Waals surface area contributed by atoms with E-state index in [1.165, 1.54) is 18.4 Å². The maximum atomic E-state index is 11.0. The van der Waals surface area contributed by atoms with Crippen LogP contribution in [-0.4, -0.2) is 23.0 Å². The number of ether oxygens (including phenoxy) is 1. The number of hydrogen-bond acceptors (Lipinski definition) is 5. The molecule has 0 fully saturated rings. The molecule has 0 aromatic carbocycles. The van der Waals surface area contributed by atoms with Gasteiger partial charge < -0.3 is 4.74 Å². The van der Waals surface area contributed by atoms with Crippen LogP contribution in [-0.2, 0) is 16.0 Å². The van der Waals surface area contributed by atoms with Crippen LogP contribution in [0.5, 0.6) is 0 Å². The van der Waals surface area contributed by atoms with Crippen LogP contribution in [0, 0.1) is 0 Å². The van der Waals surface area contributed by atoms with Crippen LogP contribution in [0.25, 0.3) is 10.2 Å². The van der Waals surface area contributed by atoms with Crippen molar-refractivity contribution in [1.29, 1.82) is 0 Å². The van der Waals surface area contributed by atoms with Crippen LogP contribution >= 0.6 is 34.5 Å². The summed E-state index contributed by atoms with van der Waals surface area (Å²) in [5.74, 6) is 0.223. The first-order valence-electron chi connectivity index (χ1n) is 4.78. The molecule has 2 aromatic heterocycles. The molecule has 0 unspecified atom stereocenters. The molecule has 0 saturated carbocycles. The molecule has 17 heavy (non-hydrogen) atoms. The minimum atomic E-state index is -0.297. The summed E-state index contributed by atoms with van der Waals surface area (Å²) in [4.78, 5) is 20.1. The Hall–Kier alpha value is -0.910. The fraction of sp³-hybridized carbons (Fsp3) is 0.300. The lowest BCUT2D eigenvalue weighted by molar-refractivity contribution is -0.140. The molecule has 0 aliphatic carbocycles. The smallest absolute Gasteiger partial charge is 0.305 e. The maximum absolute atomic E-state index is 11.0. The number of nitrogens with zero attached hydrogens (tertiary/aromatic N) is 2. The maximum Gasteiger partial charge on any atom is 0.305 e. The number of rotatable bonds is 3. The molecule has 0 amide bonds. The van der Waals surface area contributed by atoms with Crippen molar-refractivity contribution in [2.24, 2.45) is 0 Å². The van der Waals surface area contributed by atoms with Gasteiger partial charge in [0.25, 0.3) is 0 Å². The fourth-order valence-corrected chi connectivity index (χ4v) is 2.73. The van der Waals surface area contributed by atoms with Crippen LogP contribution < -0.4 is 0 Å². The largest absolute Gasteiger partial charge is 0.469 e. The number of hydrogen-bond donors (Lipinski definition) is 0. The molecule has 0 radical (unpaired) electrons. The van der Waals surface area contributed by atoms with Gasteiger partial charge in [-0.1, -0.05) is 23.2 Å². The van der Waals surface area contributed by atoms with Gasteiger partial charge in [0.2, 0.25) is 0 Å². The lowest BCUT2D eigenvalue weighted by Crippen LogP contribution is -2.04. The average Bonchev–Trinajstić information content (AvgIpc) is 2.67. The molecule has 2 aromatic rings. The van der Waals surface area contributed by atoms with Gasteiger partial charge in [-0.05, 0) is 6.07 Å². The third kappa shape index (κ3) is 2.86. The second-order valence-corrected chi connectivity index (χ2v) is 5.30. The van der Waals surface area contributed by atoms with Gasteiger partial charge in [0.1, 0.15) is 15.8 Å². The van der Waals surface area contributed by atoms with E-state index in [4.69, 9.17) is 23.2 Å². The third-order valence-electron chi connectivity index (χ3n) is 2.14. The fourth-order valence-electron chi connectivity index (χ4n) is 1.33. The molecule has 0 aliphatic rings. The van der Waals surface area contributed by atoms with Crippen LogP contribution in [0.15, 0.2) is 6.07 Å². The zero-order valence-corrected chi connectivity index (χ0v) is 11.2. The lowest BCUT2D eigenvalue weighted by Gasteiger charge is -2.00. The van der Waals surface area contributed by atoms with Gasteiger partial charge in [-0.25, -0.2) is 9.97 Å². The quantitative estimate of drug-likeness (QED) is 0.644. The van der Waals surface area contributed by atoms with E-state index >= 15 is 0 Å². The molecule has 2 heterocycles. The zero-order valence-electron chi connectivity index (χ0n) is 8.87. The molecule has 0 atom stereocenters. The minimum absolute atomic E-state index is 0.234. The summed E-state index contributed by atoms with van der Waals surface area (Å²) in [6.07, 6.45) is 0.634. The van der Waals surface area contributed by atoms with Crippen molar-refractivity contribution in [3.05, 3.63) is 21.4 Å². The van der Waals surface area contributed by atoms with Gasteiger partial charge in [0, 0.05) is 6.42 Å². The molecule has 0 saturated heterocycles. The Kier molecular flexibility index (Phi) is 3.81. The molecule has 0 aliphatic heterocycles. The van der Waals surface area contributed by atoms with Gasteiger partial charge >= 0.3 is 5.97 Å². The van der Waals surface area contributed by atoms with Gasteiger partial charge in [-0.3, -0.25) is 4.79 Å². The predicted molar refractivity (Wildman–Crippen MR) is 67.8 cm³/mol. The second kappa shape index (κ2) is 5.16. The normalized spacial score (nSPS) is 10.8. The zero-order chi connectivity index (χ0) is 12.4. The number of carbonyl (C=O) groups excluding carboxylic acids is 1. The van der Waals surface area contributed by atoms with E-state index in [0.29, 0.717) is 21.7 Å². The Morgan fingerprint density at radius 1 is 1.47 bits per heavy atom. The molecule has 90 valence electrons. The topological polar surface area (TPSA) is 52.1 Å². The number of aromatic nitrogens is 2. The highest BCUT2D eigenvalue weighted by atomic mass is 35.5. The number of aryl methyl sites for hydroxylation is 1. The molecule has 0 N–H and O–H groups in total. The summed E-state index contributed by atoms with van der Waals surface area (Å²) in [7, 11) is 1.35. The molecule has 2 rings (SSSR count). The van der Waals surface area contributed by atoms with Crippen molar-refractivity contribution >= 4 is 50.7 Å². The molecule has 7 heteroatoms. The highest BCUT2D eigenvalue weighted by Gasteiger charge is 2.11. The third-order valence-corrected chi connectivity index (χ3v) is 3.59. The van der Waals surface area contributed by atoms with E-state index in [-0.39, 0.29) is 12.4 Å². The van der Waals surface area contributed by atoms with Crippen LogP contribution in [0.4, 0.5) is 0 Å². The Balaban J connectivity index is 2.27. The van der Waals surface area contributed by atoms with Crippen LogP contribution in [0.3, 0.4) is 0 Å². The summed E-state index contributed by atoms with van der Waals surface area (Å²) in [6.45, 7) is 0. The number of methoxy groups -OCH3 is 1. The summed E-state index contributed by atoms with van der Waals surface area (Å²) >= 11 is 13.2. The number of esters is 1. The van der Waals surface area contributed by atoms with Gasteiger partial charge in [-0.2, -0.15) is 0 Å². The summed E-state index contributed by atoms with van der Waals surface area (Å²) in [5.41, 5.74) is 0. The standard InChI is InChI=1S/C10H8Cl2N2O2S/c1-16-8(15)3-2-7-13-9(12)5-4-6(11)17-10(5)14-7/h4H,2-3H2,1H3. The number of carbonyl (C=O) groups is 1. The number of thiophene rings is 1. The first kappa shape index (κ1) is 12.5. The Labute approximate surface area is 112 Å². The molecule has 0 spiro atoms. The number of fused-ring (bicyclic) bond motifs is 1. The van der Waals surface area contributed by atoms with E-state index in [1.807, 2.05) is 0 Å². The molecular formula is C10H8Cl2N2O2S. The van der Waals surface area contributed by atoms with E-state index in [0.717, 1.165) is 10.2 Å². The predicted octanol–water partition coefficient (Wildman–Crippen LogP) is 3.10. The van der Waals surface area contributed by atoms with E-state index in [2.05, 4.69) is 14.7 Å². The summed E-state index contributed by atoms with van der Waals surface area (Å²) < 4.78 is 5.16. The van der Waals surface area contributed by atoms with Crippen molar-refractivity contribution in [1.82, 2.24) is 9.97 Å². The van der Waals surface area contributed by atoms with E-state index < -0.39 is 0 Å². The first-order chi connectivity index (χ1) is 8.10. The number of halogens is 2. The summed E-state index contributed by atoms with van der Waals surface area (Å²) in [6, 6.07) is 1.73. The van der Waals surface area contributed by atoms with E-state index in [9.17, 15) is 4.79 Å². The van der Waals surface area contributed by atoms with Crippen LogP contribution in [0.2, 0.25) is 9.49 Å². The Morgan fingerprint density at radius 3 is 2.94 bits per heavy atom. The summed E-state index contributed by atoms with van der Waals surface area (Å²) in [5, 5.41) is 1.10. The van der Waals surface area contributed by atoms with Crippen molar-refractivity contribution < 1.29 is 9.53 Å². The average molecular weight is 291 g/mol. The molecule has 0 bridgehead atoms. The van der Waals surface area contributed by atoms with Gasteiger partial charge in [-0.15, -0.1) is 11.3 Å². The molecular weight excluding hydrogens is 283 g/mol. The van der Waals surface area contributed by atoms with Crippen LogP contribution in [0.1, 0.15) is 12.2 Å². The SMILES string of the molecule is COC(=O)CCc1nc(Cl)c2cc(Cl)sc2n1. The Bertz CT molecular complexity index is 571. The highest BCUT2D eigenvalue weighted by Crippen LogP contribution is 2.31. The van der Waals surface area contributed by atoms with Gasteiger partial charge in [0.15, 0.2) is 0 Å².